The Morgan fingerprint density at radius 3 is 1.33 bits per heavy atom. The zero-order chi connectivity index (χ0) is 43.8. The van der Waals surface area contributed by atoms with Crippen LogP contribution in [0.2, 0.25) is 0 Å². The van der Waals surface area contributed by atoms with E-state index in [2.05, 4.69) is 95.8 Å². The van der Waals surface area contributed by atoms with Crippen LogP contribution in [-0.2, 0) is 35.2 Å². The Kier molecular flexibility index (Phi) is 13.9. The fourth-order valence-corrected chi connectivity index (χ4v) is 8.94. The number of fused-ring (bicyclic) bond motifs is 2. The Bertz CT molecular complexity index is 2680. The highest BCUT2D eigenvalue weighted by atomic mass is 79.9. The van der Waals surface area contributed by atoms with Crippen molar-refractivity contribution in [2.24, 2.45) is 0 Å². The molecular formula is C44H38Br2N8O8S2. The predicted octanol–water partition coefficient (Wildman–Crippen LogP) is 10.7. The van der Waals surface area contributed by atoms with Gasteiger partial charge in [0.2, 0.25) is 21.9 Å². The van der Waals surface area contributed by atoms with Gasteiger partial charge in [-0.1, -0.05) is 34.6 Å². The number of aromatic nitrogens is 6. The third-order valence-corrected chi connectivity index (χ3v) is 12.5. The van der Waals surface area contributed by atoms with Crippen molar-refractivity contribution in [2.45, 2.75) is 51.4 Å². The summed E-state index contributed by atoms with van der Waals surface area (Å²) in [7, 11) is 0. The van der Waals surface area contributed by atoms with Crippen molar-refractivity contribution in [3.05, 3.63) is 116 Å². The van der Waals surface area contributed by atoms with Gasteiger partial charge in [0.15, 0.2) is 43.8 Å². The van der Waals surface area contributed by atoms with Gasteiger partial charge in [-0.3, -0.25) is 20.2 Å². The second-order valence-electron chi connectivity index (χ2n) is 14.7. The maximum atomic E-state index is 12.5. The van der Waals surface area contributed by atoms with Crippen LogP contribution in [0.1, 0.15) is 68.9 Å². The highest BCUT2D eigenvalue weighted by Crippen LogP contribution is 2.31. The van der Waals surface area contributed by atoms with E-state index in [0.29, 0.717) is 54.3 Å². The molecular weight excluding hydrogens is 992 g/mol. The van der Waals surface area contributed by atoms with Crippen LogP contribution in [0.15, 0.2) is 100 Å². The number of carbonyl (C=O) groups is 2. The second-order valence-corrected chi connectivity index (χ2v) is 17.8. The summed E-state index contributed by atoms with van der Waals surface area (Å²) in [5.41, 5.74) is 7.73. The number of carbonyl (C=O) groups excluding carboxylic acids is 2. The van der Waals surface area contributed by atoms with Crippen molar-refractivity contribution in [2.75, 3.05) is 37.1 Å². The molecule has 16 nitrogen and oxygen atoms in total. The summed E-state index contributed by atoms with van der Waals surface area (Å²) in [4.78, 5) is 33.6. The molecule has 6 aromatic heterocycles. The lowest BCUT2D eigenvalue weighted by Crippen LogP contribution is -2.16. The summed E-state index contributed by atoms with van der Waals surface area (Å²) in [6, 6.07) is 22.9. The number of halogens is 2. The van der Waals surface area contributed by atoms with Gasteiger partial charge in [0.1, 0.15) is 0 Å². The van der Waals surface area contributed by atoms with Crippen LogP contribution < -0.4 is 10.6 Å². The minimum Gasteiger partial charge on any atom is -0.446 e. The topological polar surface area (TPSA) is 207 Å². The maximum absolute atomic E-state index is 12.5. The number of aryl methyl sites for hydroxylation is 4. The Labute approximate surface area is 390 Å². The zero-order valence-electron chi connectivity index (χ0n) is 33.9. The SMILES string of the molecule is C1COCCO1.O=C(Nc1nc(-c2ccc(Br)o2)ns1)c1cc(-c2ccc3c(c2)CCCC3)on1.O=C(Nc1nc(-c2ccc(Br)o2)ns1)c1cc(-c2ccc3c(c2)CCCC3)on1. The van der Waals surface area contributed by atoms with E-state index in [4.69, 9.17) is 27.4 Å². The second kappa shape index (κ2) is 20.5. The van der Waals surface area contributed by atoms with Gasteiger partial charge in [0.05, 0.1) is 26.4 Å². The third kappa shape index (κ3) is 10.8. The monoisotopic (exact) mass is 1030 g/mol. The number of nitrogens with one attached hydrogen (secondary N) is 2. The molecule has 2 aromatic carbocycles. The molecule has 2 aliphatic carbocycles. The van der Waals surface area contributed by atoms with Crippen molar-refractivity contribution in [3.8, 4) is 45.8 Å². The highest BCUT2D eigenvalue weighted by Gasteiger charge is 2.21. The van der Waals surface area contributed by atoms with Crippen molar-refractivity contribution in [1.82, 2.24) is 29.0 Å². The fraction of sp³-hybridized carbons (Fsp3) is 0.273. The predicted molar refractivity (Wildman–Crippen MR) is 245 cm³/mol. The smallest absolute Gasteiger partial charge is 0.279 e. The van der Waals surface area contributed by atoms with E-state index in [1.807, 2.05) is 12.1 Å². The number of rotatable bonds is 8. The molecule has 0 unspecified atom stereocenters. The normalized spacial score (nSPS) is 14.3. The zero-order valence-corrected chi connectivity index (χ0v) is 38.7. The van der Waals surface area contributed by atoms with Crippen LogP contribution in [-0.4, -0.2) is 67.3 Å². The van der Waals surface area contributed by atoms with E-state index in [9.17, 15) is 9.59 Å². The first-order chi connectivity index (χ1) is 31.3. The molecule has 2 N–H and O–H groups in total. The van der Waals surface area contributed by atoms with Crippen LogP contribution in [0.5, 0.6) is 0 Å². The minimum absolute atomic E-state index is 0.190. The summed E-state index contributed by atoms with van der Waals surface area (Å²) in [5.74, 6) is 2.19. The van der Waals surface area contributed by atoms with Crippen LogP contribution in [0.4, 0.5) is 10.3 Å². The first-order valence-electron chi connectivity index (χ1n) is 20.5. The molecule has 0 bridgehead atoms. The average Bonchev–Trinajstić information content (AvgIpc) is 4.20. The summed E-state index contributed by atoms with van der Waals surface area (Å²) in [5, 5.41) is 13.9. The summed E-state index contributed by atoms with van der Waals surface area (Å²) < 4.78 is 41.1. The molecule has 8 aromatic rings. The Hall–Kier alpha value is -5.64. The number of anilines is 2. The van der Waals surface area contributed by atoms with E-state index in [1.165, 1.54) is 47.9 Å². The van der Waals surface area contributed by atoms with Crippen molar-refractivity contribution in [3.63, 3.8) is 0 Å². The Morgan fingerprint density at radius 2 is 0.938 bits per heavy atom. The quantitative estimate of drug-likeness (QED) is 0.145. The molecule has 64 heavy (non-hydrogen) atoms. The van der Waals surface area contributed by atoms with Gasteiger partial charge < -0.3 is 27.4 Å². The molecule has 328 valence electrons. The van der Waals surface area contributed by atoms with Gasteiger partial charge >= 0.3 is 0 Å². The van der Waals surface area contributed by atoms with Crippen LogP contribution >= 0.6 is 54.9 Å². The number of benzene rings is 2. The standard InChI is InChI=1S/2C20H15BrN4O3S.C4H8O2/c2*21-17-8-7-15(27-17)18-22-20(29-25-18)23-19(26)14-10-16(28-24-14)13-6-5-11-3-1-2-4-12(11)9-13;1-2-6-4-3-5-1/h2*5-10H,1-4H2,(H,22,23,25,26);1-4H2. The van der Waals surface area contributed by atoms with Crippen LogP contribution in [0.25, 0.3) is 45.8 Å². The van der Waals surface area contributed by atoms with E-state index >= 15 is 0 Å². The van der Waals surface area contributed by atoms with E-state index in [-0.39, 0.29) is 11.4 Å². The lowest BCUT2D eigenvalue weighted by atomic mass is 9.90. The first kappa shape index (κ1) is 43.6. The van der Waals surface area contributed by atoms with Gasteiger partial charge in [-0.05, 0) is 142 Å². The highest BCUT2D eigenvalue weighted by molar-refractivity contribution is 9.10. The van der Waals surface area contributed by atoms with Gasteiger partial charge in [-0.15, -0.1) is 0 Å². The third-order valence-electron chi connectivity index (χ3n) is 10.4. The van der Waals surface area contributed by atoms with Crippen LogP contribution in [0.3, 0.4) is 0 Å². The van der Waals surface area contributed by atoms with E-state index < -0.39 is 11.8 Å². The van der Waals surface area contributed by atoms with Gasteiger partial charge in [-0.2, -0.15) is 18.7 Å². The summed E-state index contributed by atoms with van der Waals surface area (Å²) >= 11 is 8.62. The Morgan fingerprint density at radius 1 is 0.516 bits per heavy atom. The molecule has 20 heteroatoms. The van der Waals surface area contributed by atoms with Crippen molar-refractivity contribution < 1.29 is 36.9 Å². The maximum Gasteiger partial charge on any atom is 0.279 e. The van der Waals surface area contributed by atoms with Gasteiger partial charge in [0, 0.05) is 46.3 Å². The molecule has 1 aliphatic heterocycles. The van der Waals surface area contributed by atoms with E-state index in [1.54, 1.807) is 36.4 Å². The molecule has 11 rings (SSSR count). The number of nitrogens with zero attached hydrogens (tertiary/aromatic N) is 6. The van der Waals surface area contributed by atoms with Gasteiger partial charge in [0.25, 0.3) is 11.8 Å². The van der Waals surface area contributed by atoms with Crippen molar-refractivity contribution >= 4 is 77.0 Å². The molecule has 0 saturated carbocycles. The molecule has 2 amide bonds. The van der Waals surface area contributed by atoms with E-state index in [0.717, 1.165) is 86.3 Å². The number of amides is 2. The molecule has 0 atom stereocenters. The molecule has 7 heterocycles. The largest absolute Gasteiger partial charge is 0.446 e. The van der Waals surface area contributed by atoms with Crippen LogP contribution in [0, 0.1) is 0 Å². The fourth-order valence-electron chi connectivity index (χ4n) is 7.19. The lowest BCUT2D eigenvalue weighted by molar-refractivity contribution is -0.0334. The molecule has 3 aliphatic rings. The Balaban J connectivity index is 0.000000143. The molecule has 0 radical (unpaired) electrons. The first-order valence-corrected chi connectivity index (χ1v) is 23.6. The molecule has 1 saturated heterocycles. The number of furan rings is 2. The average molecular weight is 1030 g/mol. The van der Waals surface area contributed by atoms with Gasteiger partial charge in [-0.25, -0.2) is 0 Å². The number of hydrogen-bond donors (Lipinski definition) is 2. The van der Waals surface area contributed by atoms with Crippen molar-refractivity contribution in [1.29, 1.82) is 0 Å². The summed E-state index contributed by atoms with van der Waals surface area (Å²) in [6.45, 7) is 3.11. The molecule has 0 spiro atoms. The number of ether oxygens (including phenoxy) is 2. The number of hydrogen-bond acceptors (Lipinski definition) is 16. The summed E-state index contributed by atoms with van der Waals surface area (Å²) in [6.07, 6.45) is 9.30. The lowest BCUT2D eigenvalue weighted by Gasteiger charge is -2.15. The minimum atomic E-state index is -0.402. The molecule has 1 fully saturated rings.